The summed E-state index contributed by atoms with van der Waals surface area (Å²) < 4.78 is 64.7. The van der Waals surface area contributed by atoms with E-state index in [0.29, 0.717) is 48.6 Å². The summed E-state index contributed by atoms with van der Waals surface area (Å²) in [5.41, 5.74) is 11.7. The minimum Gasteiger partial charge on any atom is -0.465 e. The van der Waals surface area contributed by atoms with Gasteiger partial charge in [-0.1, -0.05) is 98.8 Å². The van der Waals surface area contributed by atoms with Crippen LogP contribution in [0.15, 0.2) is 122 Å². The highest BCUT2D eigenvalue weighted by Gasteiger charge is 2.43. The van der Waals surface area contributed by atoms with Gasteiger partial charge in [-0.25, -0.2) is 18.7 Å². The maximum Gasteiger partial charge on any atom is 0.306 e. The largest absolute Gasteiger partial charge is 0.465 e. The highest BCUT2D eigenvalue weighted by molar-refractivity contribution is 6.08. The Morgan fingerprint density at radius 3 is 1.28 bits per heavy atom. The van der Waals surface area contributed by atoms with E-state index >= 15 is 8.78 Å². The Hall–Kier alpha value is -8.08. The second kappa shape index (κ2) is 21.0. The molecular formula is C66H66F2N8O6. The lowest BCUT2D eigenvalue weighted by Crippen LogP contribution is -2.28. The summed E-state index contributed by atoms with van der Waals surface area (Å²) in [7, 11) is 3.95. The normalized spacial score (nSPS) is 20.6. The zero-order valence-corrected chi connectivity index (χ0v) is 47.1. The number of hydrogen-bond donors (Lipinski definition) is 0. The predicted molar refractivity (Wildman–Crippen MR) is 310 cm³/mol. The number of fused-ring (bicyclic) bond motifs is 6. The van der Waals surface area contributed by atoms with Crippen LogP contribution in [-0.4, -0.2) is 89.8 Å². The van der Waals surface area contributed by atoms with Crippen molar-refractivity contribution in [1.29, 1.82) is 0 Å². The lowest BCUT2D eigenvalue weighted by Gasteiger charge is -2.33. The number of cyclic esters (lactones) is 2. The van der Waals surface area contributed by atoms with E-state index in [4.69, 9.17) is 28.9 Å². The van der Waals surface area contributed by atoms with Crippen LogP contribution >= 0.6 is 0 Å². The highest BCUT2D eigenvalue weighted by atomic mass is 19.1. The molecule has 2 unspecified atom stereocenters. The van der Waals surface area contributed by atoms with E-state index in [1.807, 2.05) is 124 Å². The van der Waals surface area contributed by atoms with E-state index in [9.17, 15) is 9.59 Å². The summed E-state index contributed by atoms with van der Waals surface area (Å²) in [4.78, 5) is 43.2. The molecule has 10 aromatic rings. The van der Waals surface area contributed by atoms with Crippen LogP contribution in [0.4, 0.5) is 8.78 Å². The van der Waals surface area contributed by atoms with E-state index in [1.165, 1.54) is 0 Å². The average molecular weight is 1110 g/mol. The lowest BCUT2D eigenvalue weighted by atomic mass is 9.81. The Kier molecular flexibility index (Phi) is 13.7. The van der Waals surface area contributed by atoms with E-state index < -0.39 is 10.8 Å². The van der Waals surface area contributed by atoms with Gasteiger partial charge in [-0.15, -0.1) is 0 Å². The summed E-state index contributed by atoms with van der Waals surface area (Å²) in [6, 6.07) is 32.3. The Morgan fingerprint density at radius 2 is 0.939 bits per heavy atom. The highest BCUT2D eigenvalue weighted by Crippen LogP contribution is 2.47. The number of ether oxygens (including phenoxy) is 4. The number of rotatable bonds is 10. The Bertz CT molecular complexity index is 3800. The monoisotopic (exact) mass is 1100 g/mol. The average Bonchev–Trinajstić information content (AvgIpc) is 4.54. The van der Waals surface area contributed by atoms with Crippen molar-refractivity contribution in [2.75, 3.05) is 39.6 Å². The minimum atomic E-state index is -0.734. The first-order valence-corrected chi connectivity index (χ1v) is 28.5. The standard InChI is InChI=1S/2C33H33FN4O3/c2*1-20-30(37(3)19-36-20)23-15-26-29(35-17-23)24-9-10-25(33(2)16-27(39)41-18-33)28(34)32(24)38(26)31(21-7-5-4-6-8-21)22-11-13-40-14-12-22/h2*4-10,15,17,19,22,31H,11-14,16,18H2,1-3H3/t2*31-,33?/m11/s1. The lowest BCUT2D eigenvalue weighted by molar-refractivity contribution is -0.138. The van der Waals surface area contributed by atoms with Gasteiger partial charge in [-0.05, 0) is 85.8 Å². The van der Waals surface area contributed by atoms with Crippen LogP contribution in [0.2, 0.25) is 0 Å². The predicted octanol–water partition coefficient (Wildman–Crippen LogP) is 12.5. The molecule has 4 saturated heterocycles. The number of aryl methyl sites for hydroxylation is 4. The van der Waals surface area contributed by atoms with Crippen molar-refractivity contribution in [3.05, 3.63) is 167 Å². The van der Waals surface area contributed by atoms with Crippen LogP contribution in [0.1, 0.15) is 98.1 Å². The van der Waals surface area contributed by atoms with Gasteiger partial charge in [0.2, 0.25) is 0 Å². The van der Waals surface area contributed by atoms with Gasteiger partial charge in [0.05, 0.1) is 93.5 Å². The van der Waals surface area contributed by atoms with Crippen molar-refractivity contribution in [3.8, 4) is 22.5 Å². The number of hydrogen-bond acceptors (Lipinski definition) is 10. The number of carbonyl (C=O) groups excluding carboxylic acids is 2. The molecule has 6 aromatic heterocycles. The van der Waals surface area contributed by atoms with Gasteiger partial charge in [0.25, 0.3) is 0 Å². The third-order valence-corrected chi connectivity index (χ3v) is 18.0. The molecule has 82 heavy (non-hydrogen) atoms. The number of nitrogens with zero attached hydrogens (tertiary/aromatic N) is 8. The van der Waals surface area contributed by atoms with Crippen LogP contribution in [0, 0.1) is 37.3 Å². The van der Waals surface area contributed by atoms with E-state index in [0.717, 1.165) is 104 Å². The van der Waals surface area contributed by atoms with Crippen molar-refractivity contribution in [3.63, 3.8) is 0 Å². The number of carbonyl (C=O) groups is 2. The third kappa shape index (κ3) is 9.05. The molecule has 0 amide bonds. The SMILES string of the molecule is Cc1ncn(C)c1-c1cnc2c3ccc(C4(C)COC(=O)C4)c(F)c3n([C@H](c3ccccc3)C3CCOCC3)c2c1.Cc1ncn(C)c1-c1cnc2c3ccc(C4(C)COC(=O)C4)c(F)c3n([C@H](c3ccccc3)C3CCOCC3)c2c1. The van der Waals surface area contributed by atoms with Gasteiger partial charge >= 0.3 is 11.9 Å². The molecule has 0 saturated carbocycles. The topological polar surface area (TPSA) is 142 Å². The fraction of sp³-hybridized carbons (Fsp3) is 0.364. The van der Waals surface area contributed by atoms with E-state index in [1.54, 1.807) is 12.7 Å². The fourth-order valence-electron chi connectivity index (χ4n) is 13.9. The zero-order valence-electron chi connectivity index (χ0n) is 47.1. The molecule has 16 heteroatoms. The number of pyridine rings is 2. The third-order valence-electron chi connectivity index (χ3n) is 18.0. The Morgan fingerprint density at radius 1 is 0.549 bits per heavy atom. The summed E-state index contributed by atoms with van der Waals surface area (Å²) >= 11 is 0. The van der Waals surface area contributed by atoms with Crippen molar-refractivity contribution >= 4 is 55.8 Å². The van der Waals surface area contributed by atoms with Crippen LogP contribution < -0.4 is 0 Å². The Labute approximate surface area is 474 Å². The molecule has 4 atom stereocenters. The van der Waals surface area contributed by atoms with E-state index in [2.05, 4.69) is 55.5 Å². The number of halogens is 2. The van der Waals surface area contributed by atoms with Gasteiger partial charge in [-0.3, -0.25) is 19.6 Å². The molecule has 0 aliphatic carbocycles. The molecule has 0 N–H and O–H groups in total. The van der Waals surface area contributed by atoms with Crippen molar-refractivity contribution in [2.24, 2.45) is 25.9 Å². The maximum atomic E-state index is 17.1. The van der Waals surface area contributed by atoms with Gasteiger partial charge in [0.1, 0.15) is 13.2 Å². The molecule has 0 spiro atoms. The van der Waals surface area contributed by atoms with Crippen LogP contribution in [0.3, 0.4) is 0 Å². The first-order chi connectivity index (χ1) is 39.7. The minimum absolute atomic E-state index is 0.135. The molecule has 420 valence electrons. The van der Waals surface area contributed by atoms with Gasteiger partial charge in [-0.2, -0.15) is 0 Å². The van der Waals surface area contributed by atoms with Crippen molar-refractivity contribution in [2.45, 2.75) is 89.1 Å². The van der Waals surface area contributed by atoms with Crippen LogP contribution in [0.5, 0.6) is 0 Å². The van der Waals surface area contributed by atoms with Crippen LogP contribution in [-0.2, 0) is 53.5 Å². The summed E-state index contributed by atoms with van der Waals surface area (Å²) in [5, 5.41) is 1.52. The van der Waals surface area contributed by atoms with Crippen LogP contribution in [0.25, 0.3) is 66.4 Å². The molecule has 4 aromatic carbocycles. The Balaban J connectivity index is 0.000000154. The first-order valence-electron chi connectivity index (χ1n) is 28.5. The molecular weight excluding hydrogens is 1040 g/mol. The smallest absolute Gasteiger partial charge is 0.306 e. The molecule has 4 aliphatic heterocycles. The molecule has 10 heterocycles. The zero-order chi connectivity index (χ0) is 56.6. The number of imidazole rings is 2. The number of esters is 2. The van der Waals surface area contributed by atoms with Crippen molar-refractivity contribution in [1.82, 2.24) is 38.2 Å². The number of benzene rings is 4. The maximum absolute atomic E-state index is 17.1. The summed E-state index contributed by atoms with van der Waals surface area (Å²) in [6.07, 6.45) is 11.1. The fourth-order valence-corrected chi connectivity index (χ4v) is 13.9. The molecule has 0 bridgehead atoms. The first kappa shape index (κ1) is 53.2. The molecule has 4 fully saturated rings. The molecule has 0 radical (unpaired) electrons. The summed E-state index contributed by atoms with van der Waals surface area (Å²) in [5.74, 6) is -0.742. The molecule has 14 rings (SSSR count). The second-order valence-electron chi connectivity index (χ2n) is 23.6. The second-order valence-corrected chi connectivity index (χ2v) is 23.6. The summed E-state index contributed by atoms with van der Waals surface area (Å²) in [6.45, 7) is 10.8. The quantitative estimate of drug-likeness (QED) is 0.121. The van der Waals surface area contributed by atoms with E-state index in [-0.39, 0.29) is 73.5 Å². The van der Waals surface area contributed by atoms with Gasteiger partial charge in [0, 0.05) is 85.6 Å². The molecule has 4 aliphatic rings. The van der Waals surface area contributed by atoms with Gasteiger partial charge < -0.3 is 37.2 Å². The van der Waals surface area contributed by atoms with Crippen molar-refractivity contribution < 1.29 is 37.3 Å². The molecule has 14 nitrogen and oxygen atoms in total. The number of aromatic nitrogens is 8. The van der Waals surface area contributed by atoms with Gasteiger partial charge in [0.15, 0.2) is 11.6 Å².